The molecule has 17 heavy (non-hydrogen) atoms. The van der Waals surface area contributed by atoms with Crippen LogP contribution in [0.15, 0.2) is 48.5 Å². The Morgan fingerprint density at radius 2 is 1.94 bits per heavy atom. The zero-order valence-corrected chi connectivity index (χ0v) is 9.65. The predicted octanol–water partition coefficient (Wildman–Crippen LogP) is 3.23. The van der Waals surface area contributed by atoms with Crippen molar-refractivity contribution in [2.75, 3.05) is 11.9 Å². The summed E-state index contributed by atoms with van der Waals surface area (Å²) in [5.41, 5.74) is 3.79. The summed E-state index contributed by atoms with van der Waals surface area (Å²) in [6.45, 7) is 1.68. The first kappa shape index (κ1) is 10.2. The molecule has 0 saturated carbocycles. The molecule has 0 unspecified atom stereocenters. The minimum atomic E-state index is 0.824. The van der Waals surface area contributed by atoms with Crippen LogP contribution in [-0.4, -0.2) is 6.61 Å². The summed E-state index contributed by atoms with van der Waals surface area (Å²) in [5.74, 6) is 1.05. The highest BCUT2D eigenvalue weighted by Gasteiger charge is 2.11. The van der Waals surface area contributed by atoms with Crippen molar-refractivity contribution in [2.24, 2.45) is 0 Å². The van der Waals surface area contributed by atoms with Crippen LogP contribution in [0.3, 0.4) is 0 Å². The molecule has 2 nitrogen and oxygen atoms in total. The van der Waals surface area contributed by atoms with Crippen LogP contribution in [0, 0.1) is 0 Å². The van der Waals surface area contributed by atoms with Crippen LogP contribution in [0.4, 0.5) is 5.69 Å². The summed E-state index contributed by atoms with van der Waals surface area (Å²) in [5, 5.41) is 3.41. The number of hydrogen-bond acceptors (Lipinski definition) is 2. The van der Waals surface area contributed by atoms with Gasteiger partial charge in [-0.1, -0.05) is 30.3 Å². The van der Waals surface area contributed by atoms with E-state index in [2.05, 4.69) is 35.6 Å². The molecule has 0 spiro atoms. The molecule has 0 aliphatic carbocycles. The number of rotatable bonds is 3. The molecular weight excluding hydrogens is 210 g/mol. The molecule has 0 amide bonds. The number of anilines is 1. The Bertz CT molecular complexity index is 508. The van der Waals surface area contributed by atoms with Gasteiger partial charge in [-0.25, -0.2) is 0 Å². The standard InChI is InChI=1S/C15H15NO/c1-2-4-14(5-3-1)16-11-12-6-7-15-13(10-12)8-9-17-15/h1-7,10,16H,8-9,11H2. The number of ether oxygens (including phenoxy) is 1. The van der Waals surface area contributed by atoms with Gasteiger partial charge in [-0.15, -0.1) is 0 Å². The van der Waals surface area contributed by atoms with Crippen LogP contribution < -0.4 is 10.1 Å². The zero-order chi connectivity index (χ0) is 11.5. The van der Waals surface area contributed by atoms with Crippen molar-refractivity contribution in [2.45, 2.75) is 13.0 Å². The Balaban J connectivity index is 1.70. The van der Waals surface area contributed by atoms with Gasteiger partial charge >= 0.3 is 0 Å². The van der Waals surface area contributed by atoms with Gasteiger partial charge in [-0.3, -0.25) is 0 Å². The molecule has 0 bridgehead atoms. The number of hydrogen-bond donors (Lipinski definition) is 1. The highest BCUT2D eigenvalue weighted by Crippen LogP contribution is 2.26. The molecule has 0 atom stereocenters. The zero-order valence-electron chi connectivity index (χ0n) is 9.65. The average Bonchev–Trinajstić information content (AvgIpc) is 2.85. The van der Waals surface area contributed by atoms with E-state index in [1.54, 1.807) is 0 Å². The Kier molecular flexibility index (Phi) is 2.70. The quantitative estimate of drug-likeness (QED) is 0.865. The normalized spacial score (nSPS) is 12.9. The monoisotopic (exact) mass is 225 g/mol. The van der Waals surface area contributed by atoms with Crippen LogP contribution in [0.2, 0.25) is 0 Å². The summed E-state index contributed by atoms with van der Waals surface area (Å²) in [6.07, 6.45) is 1.04. The number of benzene rings is 2. The lowest BCUT2D eigenvalue weighted by Gasteiger charge is -2.07. The van der Waals surface area contributed by atoms with Gasteiger partial charge in [-0.05, 0) is 29.3 Å². The highest BCUT2D eigenvalue weighted by atomic mass is 16.5. The molecule has 1 aliphatic heterocycles. The number of nitrogens with one attached hydrogen (secondary N) is 1. The third kappa shape index (κ3) is 2.26. The Morgan fingerprint density at radius 1 is 1.06 bits per heavy atom. The first-order valence-electron chi connectivity index (χ1n) is 5.95. The molecule has 1 heterocycles. The van der Waals surface area contributed by atoms with Crippen LogP contribution in [0.1, 0.15) is 11.1 Å². The van der Waals surface area contributed by atoms with Crippen molar-refractivity contribution < 1.29 is 4.74 Å². The van der Waals surface area contributed by atoms with Crippen molar-refractivity contribution in [3.8, 4) is 5.75 Å². The highest BCUT2D eigenvalue weighted by molar-refractivity contribution is 5.45. The smallest absolute Gasteiger partial charge is 0.122 e. The van der Waals surface area contributed by atoms with E-state index < -0.39 is 0 Å². The van der Waals surface area contributed by atoms with Crippen molar-refractivity contribution in [3.05, 3.63) is 59.7 Å². The summed E-state index contributed by atoms with van der Waals surface area (Å²) in [4.78, 5) is 0. The second-order valence-corrected chi connectivity index (χ2v) is 4.26. The lowest BCUT2D eigenvalue weighted by molar-refractivity contribution is 0.357. The van der Waals surface area contributed by atoms with E-state index in [1.165, 1.54) is 11.1 Å². The lowest BCUT2D eigenvalue weighted by atomic mass is 10.1. The Labute approximate surface area is 101 Å². The number of fused-ring (bicyclic) bond motifs is 1. The van der Waals surface area contributed by atoms with Gasteiger partial charge in [0, 0.05) is 18.7 Å². The Hall–Kier alpha value is -1.96. The molecule has 0 aromatic heterocycles. The summed E-state index contributed by atoms with van der Waals surface area (Å²) in [6, 6.07) is 16.7. The van der Waals surface area contributed by atoms with Crippen molar-refractivity contribution >= 4 is 5.69 Å². The molecule has 0 saturated heterocycles. The molecule has 3 rings (SSSR count). The largest absolute Gasteiger partial charge is 0.493 e. The van der Waals surface area contributed by atoms with Crippen LogP contribution in [0.25, 0.3) is 0 Å². The van der Waals surface area contributed by atoms with Gasteiger partial charge in [0.1, 0.15) is 5.75 Å². The maximum atomic E-state index is 5.50. The topological polar surface area (TPSA) is 21.3 Å². The van der Waals surface area contributed by atoms with E-state index in [0.29, 0.717) is 0 Å². The van der Waals surface area contributed by atoms with E-state index in [9.17, 15) is 0 Å². The Morgan fingerprint density at radius 3 is 2.82 bits per heavy atom. The second-order valence-electron chi connectivity index (χ2n) is 4.26. The fraction of sp³-hybridized carbons (Fsp3) is 0.200. The summed E-state index contributed by atoms with van der Waals surface area (Å²) < 4.78 is 5.50. The van der Waals surface area contributed by atoms with E-state index in [-0.39, 0.29) is 0 Å². The molecule has 0 fully saturated rings. The summed E-state index contributed by atoms with van der Waals surface area (Å²) >= 11 is 0. The fourth-order valence-electron chi connectivity index (χ4n) is 2.11. The maximum Gasteiger partial charge on any atom is 0.122 e. The van der Waals surface area contributed by atoms with Gasteiger partial charge in [0.05, 0.1) is 6.61 Å². The van der Waals surface area contributed by atoms with Crippen molar-refractivity contribution in [1.82, 2.24) is 0 Å². The van der Waals surface area contributed by atoms with Crippen molar-refractivity contribution in [3.63, 3.8) is 0 Å². The molecule has 2 aromatic carbocycles. The molecule has 2 heteroatoms. The van der Waals surface area contributed by atoms with E-state index in [1.807, 2.05) is 18.2 Å². The van der Waals surface area contributed by atoms with Crippen LogP contribution in [0.5, 0.6) is 5.75 Å². The third-order valence-corrected chi connectivity index (χ3v) is 3.02. The third-order valence-electron chi connectivity index (χ3n) is 3.02. The summed E-state index contributed by atoms with van der Waals surface area (Å²) in [7, 11) is 0. The van der Waals surface area contributed by atoms with Crippen LogP contribution in [-0.2, 0) is 13.0 Å². The van der Waals surface area contributed by atoms with Gasteiger partial charge in [0.25, 0.3) is 0 Å². The number of para-hydroxylation sites is 1. The minimum absolute atomic E-state index is 0.824. The van der Waals surface area contributed by atoms with E-state index in [4.69, 9.17) is 4.74 Å². The lowest BCUT2D eigenvalue weighted by Crippen LogP contribution is -1.99. The predicted molar refractivity (Wildman–Crippen MR) is 69.4 cm³/mol. The first-order valence-corrected chi connectivity index (χ1v) is 5.95. The van der Waals surface area contributed by atoms with Gasteiger partial charge in [0.15, 0.2) is 0 Å². The van der Waals surface area contributed by atoms with Crippen molar-refractivity contribution in [1.29, 1.82) is 0 Å². The molecule has 2 aromatic rings. The second kappa shape index (κ2) is 4.50. The van der Waals surface area contributed by atoms with E-state index >= 15 is 0 Å². The molecule has 1 aliphatic rings. The first-order chi connectivity index (χ1) is 8.42. The maximum absolute atomic E-state index is 5.50. The molecule has 1 N–H and O–H groups in total. The van der Waals surface area contributed by atoms with Crippen LogP contribution >= 0.6 is 0 Å². The molecule has 0 radical (unpaired) electrons. The van der Waals surface area contributed by atoms with E-state index in [0.717, 1.165) is 31.0 Å². The fourth-order valence-corrected chi connectivity index (χ4v) is 2.11. The SMILES string of the molecule is c1ccc(NCc2ccc3c(c2)CCO3)cc1. The molecular formula is C15H15NO. The minimum Gasteiger partial charge on any atom is -0.493 e. The van der Waals surface area contributed by atoms with Gasteiger partial charge in [-0.2, -0.15) is 0 Å². The van der Waals surface area contributed by atoms with Gasteiger partial charge in [0.2, 0.25) is 0 Å². The molecule has 86 valence electrons. The van der Waals surface area contributed by atoms with Gasteiger partial charge < -0.3 is 10.1 Å². The average molecular weight is 225 g/mol.